The van der Waals surface area contributed by atoms with E-state index < -0.39 is 0 Å². The summed E-state index contributed by atoms with van der Waals surface area (Å²) in [5.74, 6) is -0.350. The highest BCUT2D eigenvalue weighted by atomic mass is 16.5. The topological polar surface area (TPSA) is 71.8 Å². The number of carbonyl (C=O) groups excluding carboxylic acids is 1. The van der Waals surface area contributed by atoms with Crippen LogP contribution in [0, 0.1) is 0 Å². The van der Waals surface area contributed by atoms with E-state index in [1.54, 1.807) is 25.4 Å². The summed E-state index contributed by atoms with van der Waals surface area (Å²) < 4.78 is 24.9. The van der Waals surface area contributed by atoms with Gasteiger partial charge in [-0.3, -0.25) is 0 Å². The molecule has 2 unspecified atom stereocenters. The minimum absolute atomic E-state index is 0.0456. The molecule has 180 valence electrons. The molecule has 7 heteroatoms. The Bertz CT molecular complexity index is 1010. The Morgan fingerprint density at radius 2 is 1.76 bits per heavy atom. The van der Waals surface area contributed by atoms with E-state index in [1.165, 1.54) is 0 Å². The molecule has 1 aromatic heterocycles. The van der Waals surface area contributed by atoms with E-state index in [0.717, 1.165) is 30.5 Å². The lowest BCUT2D eigenvalue weighted by atomic mass is 9.82. The zero-order valence-electron chi connectivity index (χ0n) is 19.5. The van der Waals surface area contributed by atoms with Crippen LogP contribution in [0.5, 0.6) is 0 Å². The molecule has 0 aliphatic heterocycles. The predicted octanol–water partition coefficient (Wildman–Crippen LogP) is 4.58. The van der Waals surface area contributed by atoms with E-state index in [0.29, 0.717) is 32.1 Å². The highest BCUT2D eigenvalue weighted by Gasteiger charge is 2.36. The Morgan fingerprint density at radius 1 is 1.00 bits per heavy atom. The van der Waals surface area contributed by atoms with Crippen LogP contribution in [-0.4, -0.2) is 48.3 Å². The summed E-state index contributed by atoms with van der Waals surface area (Å²) in [5, 5.41) is 4.45. The predicted molar refractivity (Wildman–Crippen MR) is 127 cm³/mol. The number of nitrogens with zero attached hydrogens (tertiary/aromatic N) is 2. The molecular weight excluding hydrogens is 432 g/mol. The van der Waals surface area contributed by atoms with Gasteiger partial charge in [0.05, 0.1) is 31.5 Å². The summed E-state index contributed by atoms with van der Waals surface area (Å²) in [5.41, 5.74) is 2.68. The van der Waals surface area contributed by atoms with Crippen molar-refractivity contribution in [1.82, 2.24) is 9.78 Å². The number of carbonyl (C=O) groups is 1. The van der Waals surface area contributed by atoms with Gasteiger partial charge in [-0.1, -0.05) is 48.5 Å². The zero-order chi connectivity index (χ0) is 23.6. The number of aromatic nitrogens is 2. The van der Waals surface area contributed by atoms with Crippen molar-refractivity contribution in [2.45, 2.75) is 50.7 Å². The van der Waals surface area contributed by atoms with Crippen LogP contribution >= 0.6 is 0 Å². The monoisotopic (exact) mass is 464 g/mol. The molecule has 3 aromatic rings. The first-order valence-electron chi connectivity index (χ1n) is 11.7. The molecule has 0 spiro atoms. The Kier molecular flexibility index (Phi) is 8.84. The summed E-state index contributed by atoms with van der Waals surface area (Å²) in [4.78, 5) is 12.8. The third-order valence-electron chi connectivity index (χ3n) is 6.11. The lowest BCUT2D eigenvalue weighted by Gasteiger charge is -2.36. The molecule has 4 rings (SSSR count). The molecule has 0 N–H and O–H groups in total. The first-order valence-corrected chi connectivity index (χ1v) is 11.7. The maximum Gasteiger partial charge on any atom is 0.338 e. The lowest BCUT2D eigenvalue weighted by molar-refractivity contribution is -0.0384. The average molecular weight is 465 g/mol. The third kappa shape index (κ3) is 6.53. The second kappa shape index (κ2) is 12.5. The first-order chi connectivity index (χ1) is 16.7. The van der Waals surface area contributed by atoms with Crippen LogP contribution < -0.4 is 0 Å². The zero-order valence-corrected chi connectivity index (χ0v) is 19.5. The fourth-order valence-corrected chi connectivity index (χ4v) is 4.33. The number of benzene rings is 2. The molecule has 3 atom stereocenters. The highest BCUT2D eigenvalue weighted by Crippen LogP contribution is 2.37. The van der Waals surface area contributed by atoms with Crippen LogP contribution in [0.15, 0.2) is 72.9 Å². The molecule has 1 saturated carbocycles. The number of ether oxygens (including phenoxy) is 4. The van der Waals surface area contributed by atoms with Gasteiger partial charge in [0.1, 0.15) is 12.8 Å². The van der Waals surface area contributed by atoms with Gasteiger partial charge in [-0.2, -0.15) is 5.10 Å². The van der Waals surface area contributed by atoms with E-state index in [1.807, 2.05) is 47.1 Å². The van der Waals surface area contributed by atoms with Crippen LogP contribution in [0.1, 0.15) is 46.8 Å². The molecule has 1 fully saturated rings. The van der Waals surface area contributed by atoms with Crippen molar-refractivity contribution in [2.24, 2.45) is 0 Å². The Labute approximate surface area is 200 Å². The van der Waals surface area contributed by atoms with Gasteiger partial charge in [-0.05, 0) is 43.0 Å². The van der Waals surface area contributed by atoms with Gasteiger partial charge in [-0.15, -0.1) is 0 Å². The molecule has 1 aliphatic carbocycles. The van der Waals surface area contributed by atoms with E-state index in [-0.39, 0.29) is 24.1 Å². The van der Waals surface area contributed by atoms with Crippen molar-refractivity contribution < 1.29 is 23.7 Å². The van der Waals surface area contributed by atoms with Crippen molar-refractivity contribution in [3.63, 3.8) is 0 Å². The van der Waals surface area contributed by atoms with Crippen LogP contribution in [0.3, 0.4) is 0 Å². The summed E-state index contributed by atoms with van der Waals surface area (Å²) in [6, 6.07) is 21.3. The molecule has 0 radical (unpaired) electrons. The second-order valence-electron chi connectivity index (χ2n) is 8.43. The molecule has 0 saturated heterocycles. The minimum atomic E-state index is -0.304. The Hall–Kier alpha value is -3.00. The molecule has 2 aromatic carbocycles. The van der Waals surface area contributed by atoms with Gasteiger partial charge in [-0.25, -0.2) is 9.48 Å². The van der Waals surface area contributed by atoms with Crippen molar-refractivity contribution >= 4 is 5.97 Å². The van der Waals surface area contributed by atoms with Gasteiger partial charge >= 0.3 is 5.97 Å². The van der Waals surface area contributed by atoms with Gasteiger partial charge in [0.15, 0.2) is 0 Å². The van der Waals surface area contributed by atoms with Crippen LogP contribution in [-0.2, 0) is 32.3 Å². The fraction of sp³-hybridized carbons (Fsp3) is 0.407. The quantitative estimate of drug-likeness (QED) is 0.306. The summed E-state index contributed by atoms with van der Waals surface area (Å²) >= 11 is 0. The summed E-state index contributed by atoms with van der Waals surface area (Å²) in [7, 11) is 1.64. The van der Waals surface area contributed by atoms with Gasteiger partial charge in [0.2, 0.25) is 0 Å². The maximum atomic E-state index is 12.8. The van der Waals surface area contributed by atoms with Crippen LogP contribution in [0.4, 0.5) is 0 Å². The fourth-order valence-electron chi connectivity index (χ4n) is 4.33. The van der Waals surface area contributed by atoms with Gasteiger partial charge in [0, 0.05) is 24.9 Å². The van der Waals surface area contributed by atoms with E-state index in [4.69, 9.17) is 18.9 Å². The summed E-state index contributed by atoms with van der Waals surface area (Å²) in [6.07, 6.45) is 3.85. The molecule has 7 nitrogen and oxygen atoms in total. The van der Waals surface area contributed by atoms with E-state index in [2.05, 4.69) is 17.2 Å². The molecule has 1 heterocycles. The smallest absolute Gasteiger partial charge is 0.338 e. The largest absolute Gasteiger partial charge is 0.458 e. The third-order valence-corrected chi connectivity index (χ3v) is 6.11. The Morgan fingerprint density at radius 3 is 2.53 bits per heavy atom. The van der Waals surface area contributed by atoms with Crippen LogP contribution in [0.25, 0.3) is 0 Å². The number of hydrogen-bond donors (Lipinski definition) is 0. The lowest BCUT2D eigenvalue weighted by Crippen LogP contribution is -2.36. The summed E-state index contributed by atoms with van der Waals surface area (Å²) in [6.45, 7) is 1.88. The minimum Gasteiger partial charge on any atom is -0.458 e. The average Bonchev–Trinajstić information content (AvgIpc) is 3.35. The molecular formula is C27H32N2O5. The van der Waals surface area contributed by atoms with Crippen molar-refractivity contribution in [3.05, 3.63) is 89.7 Å². The number of rotatable bonds is 11. The van der Waals surface area contributed by atoms with Gasteiger partial charge in [0.25, 0.3) is 0 Å². The van der Waals surface area contributed by atoms with E-state index in [9.17, 15) is 4.79 Å². The number of esters is 1. The van der Waals surface area contributed by atoms with Crippen molar-refractivity contribution in [2.75, 3.05) is 20.3 Å². The van der Waals surface area contributed by atoms with Crippen LogP contribution in [0.2, 0.25) is 0 Å². The standard InChI is InChI=1S/C27H32N2O5/c1-31-16-17-32-20-29-25(14-15-28-29)24-18-23(33-19-21-8-4-2-5-9-21)12-13-26(24)34-27(30)22-10-6-3-7-11-22/h2-11,14-15,23-24,26H,12-13,16-20H2,1H3/t23-,24?,26?/m0/s1. The molecule has 34 heavy (non-hydrogen) atoms. The van der Waals surface area contributed by atoms with Gasteiger partial charge < -0.3 is 18.9 Å². The Balaban J connectivity index is 1.47. The normalized spacial score (nSPS) is 20.2. The second-order valence-corrected chi connectivity index (χ2v) is 8.43. The number of hydrogen-bond acceptors (Lipinski definition) is 6. The highest BCUT2D eigenvalue weighted by molar-refractivity contribution is 5.89. The first kappa shape index (κ1) is 24.1. The van der Waals surface area contributed by atoms with E-state index >= 15 is 0 Å². The molecule has 0 bridgehead atoms. The van der Waals surface area contributed by atoms with Crippen molar-refractivity contribution in [1.29, 1.82) is 0 Å². The molecule has 1 aliphatic rings. The SMILES string of the molecule is COCCOCn1nccc1C1C[C@@H](OCc2ccccc2)CCC1OC(=O)c1ccccc1. The number of methoxy groups -OCH3 is 1. The maximum absolute atomic E-state index is 12.8. The molecule has 0 amide bonds. The van der Waals surface area contributed by atoms with Crippen molar-refractivity contribution in [3.8, 4) is 0 Å².